The van der Waals surface area contributed by atoms with E-state index in [1.165, 1.54) is 0 Å². The molecule has 0 aromatic rings. The van der Waals surface area contributed by atoms with Crippen molar-refractivity contribution < 1.29 is 13.2 Å². The fourth-order valence-corrected chi connectivity index (χ4v) is 2.79. The maximum atomic E-state index is 11.0. The van der Waals surface area contributed by atoms with E-state index in [1.807, 2.05) is 22.9 Å². The Balaban J connectivity index is 2.55. The topological polar surface area (TPSA) is 67.4 Å². The molecular formula is C6H13IN2O3S. The number of hydrogen-bond acceptors (Lipinski definition) is 4. The number of halogens is 1. The summed E-state index contributed by atoms with van der Waals surface area (Å²) in [5.74, 6) is 0. The van der Waals surface area contributed by atoms with Gasteiger partial charge in [0.05, 0.1) is 18.9 Å². The van der Waals surface area contributed by atoms with Crippen LogP contribution in [-0.2, 0) is 14.8 Å². The van der Waals surface area contributed by atoms with E-state index in [9.17, 15) is 8.42 Å². The maximum Gasteiger partial charge on any atom is 0.209 e. The van der Waals surface area contributed by atoms with E-state index in [2.05, 4.69) is 8.25 Å². The molecule has 2 unspecified atom stereocenters. The van der Waals surface area contributed by atoms with Crippen molar-refractivity contribution in [2.24, 2.45) is 0 Å². The Morgan fingerprint density at radius 1 is 1.46 bits per heavy atom. The molecular weight excluding hydrogens is 307 g/mol. The molecule has 0 aromatic carbocycles. The van der Waals surface area contributed by atoms with E-state index in [0.29, 0.717) is 13.2 Å². The van der Waals surface area contributed by atoms with Crippen LogP contribution >= 0.6 is 22.9 Å². The minimum atomic E-state index is -3.14. The first-order chi connectivity index (χ1) is 6.03. The average molecular weight is 320 g/mol. The van der Waals surface area contributed by atoms with Crippen molar-refractivity contribution in [3.63, 3.8) is 0 Å². The van der Waals surface area contributed by atoms with Gasteiger partial charge in [-0.3, -0.25) is 3.53 Å². The van der Waals surface area contributed by atoms with Gasteiger partial charge in [0.1, 0.15) is 0 Å². The molecule has 1 rings (SSSR count). The maximum absolute atomic E-state index is 11.0. The molecule has 7 heteroatoms. The SMILES string of the molecule is CS(=O)(=O)NC1COCCC1NI. The standard InChI is InChI=1S/C6H13IN2O3S/c1-13(10,11)9-6-4-12-3-2-5(6)8-7/h5-6,8-9H,2-4H2,1H3. The third kappa shape index (κ3) is 4.07. The van der Waals surface area contributed by atoms with Crippen LogP contribution in [0.25, 0.3) is 0 Å². The first-order valence-corrected chi connectivity index (χ1v) is 6.91. The Morgan fingerprint density at radius 2 is 2.15 bits per heavy atom. The zero-order valence-corrected chi connectivity index (χ0v) is 10.3. The summed E-state index contributed by atoms with van der Waals surface area (Å²) in [6.45, 7) is 1.12. The number of hydrogen-bond donors (Lipinski definition) is 2. The molecule has 2 N–H and O–H groups in total. The van der Waals surface area contributed by atoms with Crippen LogP contribution in [0.15, 0.2) is 0 Å². The summed E-state index contributed by atoms with van der Waals surface area (Å²) in [7, 11) is -3.14. The fourth-order valence-electron chi connectivity index (χ4n) is 1.26. The van der Waals surface area contributed by atoms with E-state index in [-0.39, 0.29) is 12.1 Å². The number of ether oxygens (including phenoxy) is 1. The molecule has 0 spiro atoms. The van der Waals surface area contributed by atoms with Crippen molar-refractivity contribution in [2.75, 3.05) is 19.5 Å². The van der Waals surface area contributed by atoms with Gasteiger partial charge in [0, 0.05) is 35.5 Å². The van der Waals surface area contributed by atoms with Crippen LogP contribution in [0.2, 0.25) is 0 Å². The molecule has 0 bridgehead atoms. The van der Waals surface area contributed by atoms with Crippen molar-refractivity contribution in [1.82, 2.24) is 8.25 Å². The lowest BCUT2D eigenvalue weighted by molar-refractivity contribution is 0.0640. The summed E-state index contributed by atoms with van der Waals surface area (Å²) < 4.78 is 32.7. The highest BCUT2D eigenvalue weighted by Gasteiger charge is 2.26. The summed E-state index contributed by atoms with van der Waals surface area (Å²) in [6, 6.07) is 0.00437. The van der Waals surface area contributed by atoms with Crippen molar-refractivity contribution in [3.8, 4) is 0 Å². The fraction of sp³-hybridized carbons (Fsp3) is 1.00. The monoisotopic (exact) mass is 320 g/mol. The van der Waals surface area contributed by atoms with Gasteiger partial charge in [-0.2, -0.15) is 0 Å². The minimum Gasteiger partial charge on any atom is -0.380 e. The molecule has 0 aliphatic carbocycles. The van der Waals surface area contributed by atoms with E-state index in [0.717, 1.165) is 12.7 Å². The molecule has 1 saturated heterocycles. The lowest BCUT2D eigenvalue weighted by Crippen LogP contribution is -2.52. The number of rotatable bonds is 3. The second-order valence-corrected chi connectivity index (χ2v) is 5.48. The molecule has 0 aromatic heterocycles. The molecule has 13 heavy (non-hydrogen) atoms. The molecule has 0 amide bonds. The van der Waals surface area contributed by atoms with Gasteiger partial charge in [-0.1, -0.05) is 0 Å². The van der Waals surface area contributed by atoms with Crippen LogP contribution in [0.3, 0.4) is 0 Å². The Morgan fingerprint density at radius 3 is 2.69 bits per heavy atom. The van der Waals surface area contributed by atoms with E-state index < -0.39 is 10.0 Å². The smallest absolute Gasteiger partial charge is 0.209 e. The molecule has 5 nitrogen and oxygen atoms in total. The Bertz CT molecular complexity index is 257. The van der Waals surface area contributed by atoms with Crippen molar-refractivity contribution >= 4 is 32.9 Å². The summed E-state index contributed by atoms with van der Waals surface area (Å²) in [4.78, 5) is 0. The number of sulfonamides is 1. The first-order valence-electron chi connectivity index (χ1n) is 3.94. The summed E-state index contributed by atoms with van der Waals surface area (Å²) in [6.07, 6.45) is 1.99. The van der Waals surface area contributed by atoms with Gasteiger partial charge >= 0.3 is 0 Å². The van der Waals surface area contributed by atoms with Crippen LogP contribution < -0.4 is 8.25 Å². The molecule has 2 atom stereocenters. The quantitative estimate of drug-likeness (QED) is 0.550. The Labute approximate surface area is 92.2 Å². The van der Waals surface area contributed by atoms with E-state index in [4.69, 9.17) is 4.74 Å². The van der Waals surface area contributed by atoms with Crippen LogP contribution in [0.1, 0.15) is 6.42 Å². The third-order valence-electron chi connectivity index (χ3n) is 1.86. The lowest BCUT2D eigenvalue weighted by atomic mass is 10.1. The number of nitrogens with one attached hydrogen (secondary N) is 2. The van der Waals surface area contributed by atoms with Crippen molar-refractivity contribution in [1.29, 1.82) is 0 Å². The molecule has 1 aliphatic heterocycles. The van der Waals surface area contributed by atoms with Gasteiger partial charge in [0.15, 0.2) is 0 Å². The second kappa shape index (κ2) is 4.87. The molecule has 78 valence electrons. The predicted molar refractivity (Wildman–Crippen MR) is 58.1 cm³/mol. The highest BCUT2D eigenvalue weighted by Crippen LogP contribution is 2.09. The molecule has 0 saturated carbocycles. The van der Waals surface area contributed by atoms with Crippen molar-refractivity contribution in [2.45, 2.75) is 18.5 Å². The third-order valence-corrected chi connectivity index (χ3v) is 3.39. The largest absolute Gasteiger partial charge is 0.380 e. The molecule has 0 radical (unpaired) electrons. The minimum absolute atomic E-state index is 0.152. The van der Waals surface area contributed by atoms with Gasteiger partial charge in [-0.15, -0.1) is 0 Å². The predicted octanol–water partition coefficient (Wildman–Crippen LogP) is -0.367. The van der Waals surface area contributed by atoms with Gasteiger partial charge in [0.2, 0.25) is 10.0 Å². The zero-order chi connectivity index (χ0) is 9.90. The van der Waals surface area contributed by atoms with Gasteiger partial charge < -0.3 is 4.74 Å². The highest BCUT2D eigenvalue weighted by molar-refractivity contribution is 14.1. The summed E-state index contributed by atoms with van der Waals surface area (Å²) >= 11 is 2.03. The lowest BCUT2D eigenvalue weighted by Gasteiger charge is -2.30. The summed E-state index contributed by atoms with van der Waals surface area (Å²) in [5.41, 5.74) is 0. The van der Waals surface area contributed by atoms with E-state index in [1.54, 1.807) is 0 Å². The van der Waals surface area contributed by atoms with Crippen LogP contribution in [0, 0.1) is 0 Å². The second-order valence-electron chi connectivity index (χ2n) is 3.08. The normalized spacial score (nSPS) is 30.3. The van der Waals surface area contributed by atoms with Gasteiger partial charge in [-0.25, -0.2) is 13.1 Å². The van der Waals surface area contributed by atoms with Crippen LogP contribution in [0.5, 0.6) is 0 Å². The highest BCUT2D eigenvalue weighted by atomic mass is 127. The van der Waals surface area contributed by atoms with Gasteiger partial charge in [0.25, 0.3) is 0 Å². The van der Waals surface area contributed by atoms with Crippen LogP contribution in [-0.4, -0.2) is 40.0 Å². The summed E-state index contributed by atoms with van der Waals surface area (Å²) in [5, 5.41) is 0. The Hall–Kier alpha value is 0.560. The zero-order valence-electron chi connectivity index (χ0n) is 7.29. The first kappa shape index (κ1) is 11.6. The molecule has 1 heterocycles. The van der Waals surface area contributed by atoms with Crippen LogP contribution in [0.4, 0.5) is 0 Å². The molecule has 1 aliphatic rings. The van der Waals surface area contributed by atoms with E-state index >= 15 is 0 Å². The molecule has 1 fully saturated rings. The van der Waals surface area contributed by atoms with Gasteiger partial charge in [-0.05, 0) is 6.42 Å². The average Bonchev–Trinajstić information content (AvgIpc) is 2.02. The Kier molecular flexibility index (Phi) is 4.36. The van der Waals surface area contributed by atoms with Crippen molar-refractivity contribution in [3.05, 3.63) is 0 Å².